The molecule has 1 amide bonds. The Labute approximate surface area is 153 Å². The molecule has 0 radical (unpaired) electrons. The van der Waals surface area contributed by atoms with E-state index in [1.807, 2.05) is 13.0 Å². The average Bonchev–Trinajstić information content (AvgIpc) is 3.29. The first-order valence-corrected chi connectivity index (χ1v) is 10.6. The molecule has 8 heteroatoms. The summed E-state index contributed by atoms with van der Waals surface area (Å²) in [4.78, 5) is 14.1. The standard InChI is InChI=1S/C18H23N3O4S/c1-2-3-11-16(22)21-12-7-10-15(21)17-19-20-18(25-17)26(23,24)13-14-8-5-4-6-9-14/h4-6,8-9,15H,2-3,7,10-13H2,1H3/t15-/m0/s1. The number of carbonyl (C=O) groups excluding carboxylic acids is 1. The molecule has 1 saturated heterocycles. The molecule has 1 fully saturated rings. The number of hydrogen-bond acceptors (Lipinski definition) is 6. The summed E-state index contributed by atoms with van der Waals surface area (Å²) in [5.41, 5.74) is 0.657. The van der Waals surface area contributed by atoms with Gasteiger partial charge in [0.05, 0.1) is 5.75 Å². The van der Waals surface area contributed by atoms with E-state index in [2.05, 4.69) is 10.2 Å². The lowest BCUT2D eigenvalue weighted by Crippen LogP contribution is -2.30. The molecule has 7 nitrogen and oxygen atoms in total. The summed E-state index contributed by atoms with van der Waals surface area (Å²) in [6.07, 6.45) is 3.82. The molecule has 0 bridgehead atoms. The van der Waals surface area contributed by atoms with E-state index < -0.39 is 9.84 Å². The summed E-state index contributed by atoms with van der Waals surface area (Å²) < 4.78 is 30.5. The van der Waals surface area contributed by atoms with E-state index in [-0.39, 0.29) is 28.8 Å². The van der Waals surface area contributed by atoms with Crippen molar-refractivity contribution in [3.8, 4) is 0 Å². The number of rotatable bonds is 7. The Bertz CT molecular complexity index is 848. The Kier molecular flexibility index (Phi) is 5.70. The van der Waals surface area contributed by atoms with Gasteiger partial charge >= 0.3 is 5.22 Å². The molecular formula is C18H23N3O4S. The lowest BCUT2D eigenvalue weighted by atomic mass is 10.2. The zero-order chi connectivity index (χ0) is 18.6. The number of likely N-dealkylation sites (tertiary alicyclic amines) is 1. The Balaban J connectivity index is 1.75. The maximum Gasteiger partial charge on any atom is 0.335 e. The van der Waals surface area contributed by atoms with E-state index >= 15 is 0 Å². The maximum atomic E-state index is 12.5. The predicted molar refractivity (Wildman–Crippen MR) is 94.8 cm³/mol. The second-order valence-electron chi connectivity index (χ2n) is 6.50. The Morgan fingerprint density at radius 1 is 1.27 bits per heavy atom. The normalized spacial score (nSPS) is 17.6. The number of aromatic nitrogens is 2. The molecule has 1 aliphatic heterocycles. The van der Waals surface area contributed by atoms with Crippen molar-refractivity contribution in [2.24, 2.45) is 0 Å². The largest absolute Gasteiger partial charge is 0.410 e. The minimum absolute atomic E-state index is 0.0567. The number of hydrogen-bond donors (Lipinski definition) is 0. The van der Waals surface area contributed by atoms with E-state index in [4.69, 9.17) is 4.42 Å². The fourth-order valence-electron chi connectivity index (χ4n) is 3.13. The van der Waals surface area contributed by atoms with Gasteiger partial charge in [-0.2, -0.15) is 0 Å². The highest BCUT2D eigenvalue weighted by Gasteiger charge is 2.34. The van der Waals surface area contributed by atoms with Gasteiger partial charge in [-0.1, -0.05) is 48.8 Å². The molecule has 0 aliphatic carbocycles. The smallest absolute Gasteiger partial charge is 0.335 e. The Hall–Kier alpha value is -2.22. The zero-order valence-corrected chi connectivity index (χ0v) is 15.6. The summed E-state index contributed by atoms with van der Waals surface area (Å²) >= 11 is 0. The van der Waals surface area contributed by atoms with E-state index in [0.29, 0.717) is 24.9 Å². The predicted octanol–water partition coefficient (Wildman–Crippen LogP) is 2.90. The van der Waals surface area contributed by atoms with Gasteiger partial charge in [0.15, 0.2) is 0 Å². The fraction of sp³-hybridized carbons (Fsp3) is 0.500. The molecule has 2 aromatic rings. The van der Waals surface area contributed by atoms with Gasteiger partial charge in [-0.3, -0.25) is 4.79 Å². The minimum atomic E-state index is -3.72. The van der Waals surface area contributed by atoms with Crippen LogP contribution in [0.1, 0.15) is 56.5 Å². The van der Waals surface area contributed by atoms with Gasteiger partial charge in [-0.25, -0.2) is 8.42 Å². The van der Waals surface area contributed by atoms with Gasteiger partial charge in [0.1, 0.15) is 6.04 Å². The first-order chi connectivity index (χ1) is 12.5. The molecule has 0 unspecified atom stereocenters. The van der Waals surface area contributed by atoms with Crippen LogP contribution in [0, 0.1) is 0 Å². The van der Waals surface area contributed by atoms with Crippen molar-refractivity contribution < 1.29 is 17.6 Å². The molecule has 0 saturated carbocycles. The van der Waals surface area contributed by atoms with Gasteiger partial charge in [-0.15, -0.1) is 5.10 Å². The summed E-state index contributed by atoms with van der Waals surface area (Å²) in [5, 5.41) is 7.29. The molecule has 3 rings (SSSR count). The topological polar surface area (TPSA) is 93.4 Å². The van der Waals surface area contributed by atoms with Crippen molar-refractivity contribution in [1.29, 1.82) is 0 Å². The molecule has 1 aliphatic rings. The number of benzene rings is 1. The van der Waals surface area contributed by atoms with Crippen LogP contribution >= 0.6 is 0 Å². The minimum Gasteiger partial charge on any atom is -0.410 e. The average molecular weight is 377 g/mol. The lowest BCUT2D eigenvalue weighted by molar-refractivity contribution is -0.132. The van der Waals surface area contributed by atoms with Crippen molar-refractivity contribution in [3.05, 3.63) is 41.8 Å². The van der Waals surface area contributed by atoms with Crippen LogP contribution in [0.2, 0.25) is 0 Å². The van der Waals surface area contributed by atoms with Gasteiger partial charge in [-0.05, 0) is 24.8 Å². The second-order valence-corrected chi connectivity index (χ2v) is 8.37. The van der Waals surface area contributed by atoms with Gasteiger partial charge in [0.25, 0.3) is 0 Å². The molecule has 140 valence electrons. The van der Waals surface area contributed by atoms with Crippen LogP contribution in [-0.4, -0.2) is 36.0 Å². The van der Waals surface area contributed by atoms with E-state index in [1.165, 1.54) is 0 Å². The fourth-order valence-corrected chi connectivity index (χ4v) is 4.26. The Morgan fingerprint density at radius 3 is 2.77 bits per heavy atom. The van der Waals surface area contributed by atoms with Crippen LogP contribution in [-0.2, 0) is 20.4 Å². The summed E-state index contributed by atoms with van der Waals surface area (Å²) in [6.45, 7) is 2.68. The highest BCUT2D eigenvalue weighted by atomic mass is 32.2. The monoisotopic (exact) mass is 377 g/mol. The first-order valence-electron chi connectivity index (χ1n) is 8.91. The van der Waals surface area contributed by atoms with E-state index in [0.717, 1.165) is 19.3 Å². The van der Waals surface area contributed by atoms with Crippen LogP contribution in [0.25, 0.3) is 0 Å². The van der Waals surface area contributed by atoms with Gasteiger partial charge < -0.3 is 9.32 Å². The van der Waals surface area contributed by atoms with Crippen molar-refractivity contribution in [1.82, 2.24) is 15.1 Å². The lowest BCUT2D eigenvalue weighted by Gasteiger charge is -2.21. The quantitative estimate of drug-likeness (QED) is 0.736. The first kappa shape index (κ1) is 18.6. The van der Waals surface area contributed by atoms with Crippen LogP contribution in [0.15, 0.2) is 40.0 Å². The van der Waals surface area contributed by atoms with Gasteiger partial charge in [0, 0.05) is 13.0 Å². The van der Waals surface area contributed by atoms with Gasteiger partial charge in [0.2, 0.25) is 21.6 Å². The van der Waals surface area contributed by atoms with Crippen molar-refractivity contribution in [2.45, 2.75) is 56.0 Å². The molecule has 0 N–H and O–H groups in total. The molecule has 1 aromatic heterocycles. The number of unbranched alkanes of at least 4 members (excludes halogenated alkanes) is 1. The van der Waals surface area contributed by atoms with Crippen LogP contribution in [0.5, 0.6) is 0 Å². The third kappa shape index (κ3) is 4.12. The SMILES string of the molecule is CCCCC(=O)N1CCC[C@H]1c1nnc(S(=O)(=O)Cc2ccccc2)o1. The van der Waals surface area contributed by atoms with Crippen LogP contribution in [0.4, 0.5) is 0 Å². The molecule has 1 atom stereocenters. The van der Waals surface area contributed by atoms with Crippen LogP contribution in [0.3, 0.4) is 0 Å². The Morgan fingerprint density at radius 2 is 2.04 bits per heavy atom. The number of carbonyl (C=O) groups is 1. The third-order valence-electron chi connectivity index (χ3n) is 4.49. The highest BCUT2D eigenvalue weighted by molar-refractivity contribution is 7.90. The number of sulfone groups is 1. The molecule has 2 heterocycles. The number of nitrogens with zero attached hydrogens (tertiary/aromatic N) is 3. The third-order valence-corrected chi connectivity index (χ3v) is 5.90. The second kappa shape index (κ2) is 7.99. The van der Waals surface area contributed by atoms with Crippen molar-refractivity contribution in [2.75, 3.05) is 6.54 Å². The van der Waals surface area contributed by atoms with Crippen molar-refractivity contribution in [3.63, 3.8) is 0 Å². The summed E-state index contributed by atoms with van der Waals surface area (Å²) in [5.74, 6) is 0.0689. The van der Waals surface area contributed by atoms with Crippen LogP contribution < -0.4 is 0 Å². The zero-order valence-electron chi connectivity index (χ0n) is 14.8. The van der Waals surface area contributed by atoms with Crippen molar-refractivity contribution >= 4 is 15.7 Å². The number of amides is 1. The summed E-state index contributed by atoms with van der Waals surface area (Å²) in [6, 6.07) is 8.53. The molecule has 1 aromatic carbocycles. The molecule has 0 spiro atoms. The molecule has 26 heavy (non-hydrogen) atoms. The molecular weight excluding hydrogens is 354 g/mol. The van der Waals surface area contributed by atoms with E-state index in [1.54, 1.807) is 29.2 Å². The highest BCUT2D eigenvalue weighted by Crippen LogP contribution is 2.32. The summed E-state index contributed by atoms with van der Waals surface area (Å²) in [7, 11) is -3.72. The van der Waals surface area contributed by atoms with E-state index in [9.17, 15) is 13.2 Å². The maximum absolute atomic E-state index is 12.5.